The van der Waals surface area contributed by atoms with E-state index in [1.54, 1.807) is 0 Å². The summed E-state index contributed by atoms with van der Waals surface area (Å²) < 4.78 is 0. The molecule has 0 fully saturated rings. The first-order chi connectivity index (χ1) is 13.3. The Morgan fingerprint density at radius 3 is 1.96 bits per heavy atom. The van der Waals surface area contributed by atoms with Crippen LogP contribution < -0.4 is 0 Å². The molecule has 0 heterocycles. The molecule has 0 aliphatic heterocycles. The summed E-state index contributed by atoms with van der Waals surface area (Å²) in [5.74, 6) is 0.343. The van der Waals surface area contributed by atoms with E-state index in [1.165, 1.54) is 11.1 Å². The van der Waals surface area contributed by atoms with Crippen molar-refractivity contribution < 1.29 is 5.11 Å². The number of hydrogen-bond donors (Lipinski definition) is 1. The Morgan fingerprint density at radius 1 is 0.750 bits per heavy atom. The molecule has 150 valence electrons. The van der Waals surface area contributed by atoms with E-state index in [9.17, 15) is 5.11 Å². The normalized spacial score (nSPS) is 12.5. The molecule has 0 radical (unpaired) electrons. The first-order valence-corrected chi connectivity index (χ1v) is 10.2. The van der Waals surface area contributed by atoms with Gasteiger partial charge in [-0.15, -0.1) is 0 Å². The lowest BCUT2D eigenvalue weighted by atomic mass is 9.75. The zero-order valence-electron chi connectivity index (χ0n) is 18.5. The second-order valence-electron chi connectivity index (χ2n) is 7.71. The van der Waals surface area contributed by atoms with Gasteiger partial charge in [0, 0.05) is 16.4 Å². The van der Waals surface area contributed by atoms with E-state index in [2.05, 4.69) is 58.0 Å². The summed E-state index contributed by atoms with van der Waals surface area (Å²) in [5, 5.41) is 10.5. The van der Waals surface area contributed by atoms with E-state index in [1.807, 2.05) is 75.4 Å². The van der Waals surface area contributed by atoms with Gasteiger partial charge in [-0.3, -0.25) is 0 Å². The van der Waals surface area contributed by atoms with Crippen molar-refractivity contribution in [2.24, 2.45) is 0 Å². The SMILES string of the molecule is CC.C\C=C/C=C\C=C\C(C)(C)c1ccc(O)c(C(C)(C)c2ccccc2)c1. The second-order valence-corrected chi connectivity index (χ2v) is 7.71. The molecule has 28 heavy (non-hydrogen) atoms. The van der Waals surface area contributed by atoms with Crippen molar-refractivity contribution in [3.63, 3.8) is 0 Å². The summed E-state index contributed by atoms with van der Waals surface area (Å²) in [6, 6.07) is 16.3. The van der Waals surface area contributed by atoms with E-state index in [0.29, 0.717) is 5.75 Å². The summed E-state index contributed by atoms with van der Waals surface area (Å²) in [4.78, 5) is 0. The minimum Gasteiger partial charge on any atom is -0.508 e. The van der Waals surface area contributed by atoms with Crippen LogP contribution in [0.25, 0.3) is 0 Å². The molecule has 0 spiro atoms. The van der Waals surface area contributed by atoms with Gasteiger partial charge in [-0.25, -0.2) is 0 Å². The number of allylic oxidation sites excluding steroid dienone is 6. The highest BCUT2D eigenvalue weighted by Crippen LogP contribution is 2.39. The van der Waals surface area contributed by atoms with E-state index in [4.69, 9.17) is 0 Å². The number of aromatic hydroxyl groups is 1. The molecule has 0 atom stereocenters. The predicted octanol–water partition coefficient (Wildman–Crippen LogP) is 7.71. The maximum absolute atomic E-state index is 10.5. The van der Waals surface area contributed by atoms with Crippen molar-refractivity contribution in [2.45, 2.75) is 59.3 Å². The molecule has 0 aromatic heterocycles. The van der Waals surface area contributed by atoms with Gasteiger partial charge in [-0.2, -0.15) is 0 Å². The first kappa shape index (κ1) is 23.5. The average Bonchev–Trinajstić information content (AvgIpc) is 2.70. The van der Waals surface area contributed by atoms with Crippen molar-refractivity contribution in [2.75, 3.05) is 0 Å². The van der Waals surface area contributed by atoms with Crippen molar-refractivity contribution in [3.8, 4) is 5.75 Å². The van der Waals surface area contributed by atoms with Crippen LogP contribution in [-0.4, -0.2) is 5.11 Å². The van der Waals surface area contributed by atoms with Gasteiger partial charge in [0.05, 0.1) is 0 Å². The van der Waals surface area contributed by atoms with Crippen molar-refractivity contribution in [1.82, 2.24) is 0 Å². The van der Waals surface area contributed by atoms with Gasteiger partial charge in [-0.05, 0) is 24.1 Å². The number of rotatable bonds is 6. The molecule has 2 rings (SSSR count). The lowest BCUT2D eigenvalue weighted by Crippen LogP contribution is -2.21. The van der Waals surface area contributed by atoms with Crippen LogP contribution in [0.4, 0.5) is 0 Å². The Balaban J connectivity index is 0.00000190. The van der Waals surface area contributed by atoms with Gasteiger partial charge in [0.1, 0.15) is 5.75 Å². The largest absolute Gasteiger partial charge is 0.508 e. The second kappa shape index (κ2) is 10.7. The van der Waals surface area contributed by atoms with Crippen molar-refractivity contribution in [3.05, 3.63) is 102 Å². The zero-order valence-corrected chi connectivity index (χ0v) is 18.5. The average molecular weight is 377 g/mol. The summed E-state index contributed by atoms with van der Waals surface area (Å²) in [5.41, 5.74) is 2.93. The summed E-state index contributed by atoms with van der Waals surface area (Å²) >= 11 is 0. The number of phenolic OH excluding ortho intramolecular Hbond substituents is 1. The van der Waals surface area contributed by atoms with E-state index >= 15 is 0 Å². The molecule has 0 saturated carbocycles. The predicted molar refractivity (Wildman–Crippen MR) is 124 cm³/mol. The van der Waals surface area contributed by atoms with Gasteiger partial charge in [-0.1, -0.05) is 120 Å². The molecule has 1 heteroatoms. The minimum atomic E-state index is -0.271. The fourth-order valence-electron chi connectivity index (χ4n) is 3.08. The van der Waals surface area contributed by atoms with E-state index < -0.39 is 0 Å². The molecular weight excluding hydrogens is 340 g/mol. The van der Waals surface area contributed by atoms with Gasteiger partial charge in [0.2, 0.25) is 0 Å². The third-order valence-electron chi connectivity index (χ3n) is 4.95. The molecule has 0 saturated heterocycles. The minimum absolute atomic E-state index is 0.129. The Morgan fingerprint density at radius 2 is 1.36 bits per heavy atom. The number of hydrogen-bond acceptors (Lipinski definition) is 1. The quantitative estimate of drug-likeness (QED) is 0.512. The molecule has 0 aliphatic carbocycles. The van der Waals surface area contributed by atoms with Crippen LogP contribution in [0.2, 0.25) is 0 Å². The van der Waals surface area contributed by atoms with Crippen molar-refractivity contribution >= 4 is 0 Å². The van der Waals surface area contributed by atoms with Crippen molar-refractivity contribution in [1.29, 1.82) is 0 Å². The Bertz CT molecular complexity index is 805. The van der Waals surface area contributed by atoms with Crippen LogP contribution in [0.3, 0.4) is 0 Å². The highest BCUT2D eigenvalue weighted by molar-refractivity contribution is 5.49. The van der Waals surface area contributed by atoms with Crippen LogP contribution in [0.15, 0.2) is 85.0 Å². The van der Waals surface area contributed by atoms with Crippen LogP contribution in [0.5, 0.6) is 5.75 Å². The molecule has 0 bridgehead atoms. The molecule has 0 unspecified atom stereocenters. The summed E-state index contributed by atoms with van der Waals surface area (Å²) in [6.45, 7) is 14.7. The molecule has 0 amide bonds. The number of benzene rings is 2. The fourth-order valence-corrected chi connectivity index (χ4v) is 3.08. The maximum Gasteiger partial charge on any atom is 0.119 e. The molecule has 0 aliphatic rings. The Hall–Kier alpha value is -2.54. The monoisotopic (exact) mass is 376 g/mol. The highest BCUT2D eigenvalue weighted by atomic mass is 16.3. The first-order valence-electron chi connectivity index (χ1n) is 10.2. The summed E-state index contributed by atoms with van der Waals surface area (Å²) in [6.07, 6.45) is 12.4. The standard InChI is InChI=1S/C25H30O.C2H6/c1-6-7-8-9-13-18-24(2,3)21-16-17-23(26)22(19-21)25(4,5)20-14-11-10-12-15-20;1-2/h6-19,26H,1-5H3;1-2H3/b7-6-,9-8-,18-13+;. The molecule has 1 N–H and O–H groups in total. The van der Waals surface area contributed by atoms with Crippen LogP contribution in [0, 0.1) is 0 Å². The van der Waals surface area contributed by atoms with Gasteiger partial charge >= 0.3 is 0 Å². The third-order valence-corrected chi connectivity index (χ3v) is 4.95. The van der Waals surface area contributed by atoms with Crippen LogP contribution in [0.1, 0.15) is 65.2 Å². The topological polar surface area (TPSA) is 20.2 Å². The third kappa shape index (κ3) is 5.99. The zero-order chi connectivity index (χ0) is 21.2. The lowest BCUT2D eigenvalue weighted by Gasteiger charge is -2.29. The van der Waals surface area contributed by atoms with E-state index in [-0.39, 0.29) is 10.8 Å². The Labute approximate surface area is 172 Å². The van der Waals surface area contributed by atoms with Crippen LogP contribution in [-0.2, 0) is 10.8 Å². The van der Waals surface area contributed by atoms with Gasteiger partial charge in [0.15, 0.2) is 0 Å². The lowest BCUT2D eigenvalue weighted by molar-refractivity contribution is 0.452. The molecule has 1 nitrogen and oxygen atoms in total. The fraction of sp³-hybridized carbons (Fsp3) is 0.333. The smallest absolute Gasteiger partial charge is 0.119 e. The highest BCUT2D eigenvalue weighted by Gasteiger charge is 2.28. The van der Waals surface area contributed by atoms with Crippen LogP contribution >= 0.6 is 0 Å². The van der Waals surface area contributed by atoms with E-state index in [0.717, 1.165) is 5.56 Å². The Kier molecular flexibility index (Phi) is 8.99. The number of phenols is 1. The molecule has 2 aromatic carbocycles. The van der Waals surface area contributed by atoms with Gasteiger partial charge < -0.3 is 5.11 Å². The summed E-state index contributed by atoms with van der Waals surface area (Å²) in [7, 11) is 0. The van der Waals surface area contributed by atoms with Gasteiger partial charge in [0.25, 0.3) is 0 Å². The molecular formula is C27H36O. The maximum atomic E-state index is 10.5. The molecule has 2 aromatic rings.